The molecule has 0 spiro atoms. The molecule has 0 aromatic heterocycles. The molecular weight excluding hydrogens is 216 g/mol. The summed E-state index contributed by atoms with van der Waals surface area (Å²) in [4.78, 5) is 16.1. The zero-order valence-corrected chi connectivity index (χ0v) is 10.5. The molecule has 0 bridgehead atoms. The van der Waals surface area contributed by atoms with E-state index in [1.54, 1.807) is 0 Å². The number of carbonyl (C=O) groups is 1. The average molecular weight is 238 g/mol. The minimum atomic E-state index is -0.124. The van der Waals surface area contributed by atoms with Crippen LogP contribution in [0.1, 0.15) is 25.7 Å². The summed E-state index contributed by atoms with van der Waals surface area (Å²) in [6.07, 6.45) is 4.31. The van der Waals surface area contributed by atoms with Crippen molar-refractivity contribution in [1.29, 1.82) is 0 Å². The van der Waals surface area contributed by atoms with Gasteiger partial charge in [0.1, 0.15) is 0 Å². The second-order valence-electron chi connectivity index (χ2n) is 6.00. The number of hydrogen-bond donors (Lipinski definition) is 1. The summed E-state index contributed by atoms with van der Waals surface area (Å²) in [5.74, 6) is 1.31. The number of likely N-dealkylation sites (tertiary alicyclic amines) is 1. The number of rotatable bonds is 3. The summed E-state index contributed by atoms with van der Waals surface area (Å²) in [6.45, 7) is 2.47. The SMILES string of the molecule is CN(C(=O)CN1CC2CCC(O)C2C1)C1CC1. The normalized spacial score (nSPS) is 37.2. The summed E-state index contributed by atoms with van der Waals surface area (Å²) in [6, 6.07) is 0.509. The molecule has 96 valence electrons. The number of aliphatic hydroxyl groups is 1. The van der Waals surface area contributed by atoms with Crippen LogP contribution in [0.4, 0.5) is 0 Å². The van der Waals surface area contributed by atoms with Crippen LogP contribution in [0.2, 0.25) is 0 Å². The van der Waals surface area contributed by atoms with Crippen molar-refractivity contribution in [3.63, 3.8) is 0 Å². The van der Waals surface area contributed by atoms with Gasteiger partial charge in [-0.2, -0.15) is 0 Å². The molecule has 0 aromatic carbocycles. The van der Waals surface area contributed by atoms with E-state index in [1.165, 1.54) is 12.8 Å². The van der Waals surface area contributed by atoms with Gasteiger partial charge < -0.3 is 10.0 Å². The van der Waals surface area contributed by atoms with Gasteiger partial charge in [-0.15, -0.1) is 0 Å². The molecule has 3 unspecified atom stereocenters. The van der Waals surface area contributed by atoms with E-state index in [1.807, 2.05) is 11.9 Å². The first-order chi connectivity index (χ1) is 8.15. The Hall–Kier alpha value is -0.610. The Kier molecular flexibility index (Phi) is 2.87. The first kappa shape index (κ1) is 11.5. The number of amides is 1. The molecule has 2 aliphatic carbocycles. The molecule has 4 nitrogen and oxygen atoms in total. The predicted octanol–water partition coefficient (Wildman–Crippen LogP) is 0.310. The zero-order valence-electron chi connectivity index (χ0n) is 10.5. The number of carbonyl (C=O) groups excluding carboxylic acids is 1. The van der Waals surface area contributed by atoms with Crippen LogP contribution in [0.25, 0.3) is 0 Å². The fourth-order valence-electron chi connectivity index (χ4n) is 3.43. The van der Waals surface area contributed by atoms with Crippen molar-refractivity contribution in [2.45, 2.75) is 37.8 Å². The van der Waals surface area contributed by atoms with Crippen LogP contribution < -0.4 is 0 Å². The predicted molar refractivity (Wildman–Crippen MR) is 64.5 cm³/mol. The van der Waals surface area contributed by atoms with Crippen molar-refractivity contribution in [3.8, 4) is 0 Å². The molecule has 3 fully saturated rings. The molecule has 3 atom stereocenters. The van der Waals surface area contributed by atoms with Gasteiger partial charge in [-0.1, -0.05) is 0 Å². The maximum absolute atomic E-state index is 12.0. The Labute approximate surface area is 103 Å². The van der Waals surface area contributed by atoms with Gasteiger partial charge in [0.25, 0.3) is 0 Å². The van der Waals surface area contributed by atoms with Gasteiger partial charge in [0.2, 0.25) is 5.91 Å². The van der Waals surface area contributed by atoms with E-state index in [2.05, 4.69) is 4.90 Å². The van der Waals surface area contributed by atoms with Crippen LogP contribution in [-0.4, -0.2) is 59.6 Å². The van der Waals surface area contributed by atoms with Gasteiger partial charge in [0.05, 0.1) is 12.6 Å². The smallest absolute Gasteiger partial charge is 0.236 e. The third kappa shape index (κ3) is 2.20. The first-order valence-electron chi connectivity index (χ1n) is 6.81. The van der Waals surface area contributed by atoms with Crippen LogP contribution >= 0.6 is 0 Å². The molecule has 3 rings (SSSR count). The number of aliphatic hydroxyl groups excluding tert-OH is 1. The molecule has 3 aliphatic rings. The lowest BCUT2D eigenvalue weighted by Gasteiger charge is -2.22. The van der Waals surface area contributed by atoms with Crippen LogP contribution in [0, 0.1) is 11.8 Å². The zero-order chi connectivity index (χ0) is 12.0. The summed E-state index contributed by atoms with van der Waals surface area (Å²) in [7, 11) is 1.92. The highest BCUT2D eigenvalue weighted by atomic mass is 16.3. The van der Waals surface area contributed by atoms with Crippen molar-refractivity contribution in [2.75, 3.05) is 26.7 Å². The van der Waals surface area contributed by atoms with Gasteiger partial charge in [-0.05, 0) is 31.6 Å². The maximum Gasteiger partial charge on any atom is 0.236 e. The number of likely N-dealkylation sites (N-methyl/N-ethyl adjacent to an activating group) is 1. The Balaban J connectivity index is 1.52. The summed E-state index contributed by atoms with van der Waals surface area (Å²) in [5, 5.41) is 9.84. The summed E-state index contributed by atoms with van der Waals surface area (Å²) >= 11 is 0. The molecule has 1 amide bonds. The molecule has 1 heterocycles. The van der Waals surface area contributed by atoms with Gasteiger partial charge in [-0.25, -0.2) is 0 Å². The van der Waals surface area contributed by atoms with E-state index in [-0.39, 0.29) is 12.0 Å². The monoisotopic (exact) mass is 238 g/mol. The first-order valence-corrected chi connectivity index (χ1v) is 6.81. The van der Waals surface area contributed by atoms with E-state index in [0.29, 0.717) is 24.4 Å². The Bertz CT molecular complexity index is 317. The molecule has 1 aliphatic heterocycles. The Morgan fingerprint density at radius 2 is 2.06 bits per heavy atom. The highest BCUT2D eigenvalue weighted by Gasteiger charge is 2.42. The van der Waals surface area contributed by atoms with Crippen molar-refractivity contribution in [3.05, 3.63) is 0 Å². The molecule has 2 saturated carbocycles. The maximum atomic E-state index is 12.0. The van der Waals surface area contributed by atoms with Crippen molar-refractivity contribution >= 4 is 5.91 Å². The lowest BCUT2D eigenvalue weighted by atomic mass is 10.00. The minimum Gasteiger partial charge on any atom is -0.393 e. The molecule has 1 saturated heterocycles. The third-order valence-corrected chi connectivity index (χ3v) is 4.74. The Morgan fingerprint density at radius 3 is 2.71 bits per heavy atom. The van der Waals surface area contributed by atoms with Gasteiger partial charge in [-0.3, -0.25) is 9.69 Å². The molecule has 0 radical (unpaired) electrons. The lowest BCUT2D eigenvalue weighted by molar-refractivity contribution is -0.131. The lowest BCUT2D eigenvalue weighted by Crippen LogP contribution is -2.39. The van der Waals surface area contributed by atoms with E-state index in [9.17, 15) is 9.90 Å². The van der Waals surface area contributed by atoms with Gasteiger partial charge in [0.15, 0.2) is 0 Å². The molecule has 17 heavy (non-hydrogen) atoms. The number of nitrogens with zero attached hydrogens (tertiary/aromatic N) is 2. The third-order valence-electron chi connectivity index (χ3n) is 4.74. The van der Waals surface area contributed by atoms with Crippen LogP contribution in [-0.2, 0) is 4.79 Å². The standard InChI is InChI=1S/C13H22N2O2/c1-14(10-3-4-10)13(17)8-15-6-9-2-5-12(16)11(9)7-15/h9-12,16H,2-8H2,1H3. The second-order valence-corrected chi connectivity index (χ2v) is 6.00. The Morgan fingerprint density at radius 1 is 1.29 bits per heavy atom. The fourth-order valence-corrected chi connectivity index (χ4v) is 3.43. The average Bonchev–Trinajstić information content (AvgIpc) is 2.99. The second kappa shape index (κ2) is 4.25. The van der Waals surface area contributed by atoms with Crippen molar-refractivity contribution in [1.82, 2.24) is 9.80 Å². The van der Waals surface area contributed by atoms with E-state index < -0.39 is 0 Å². The molecular formula is C13H22N2O2. The topological polar surface area (TPSA) is 43.8 Å². The molecule has 0 aromatic rings. The van der Waals surface area contributed by atoms with Crippen LogP contribution in [0.3, 0.4) is 0 Å². The van der Waals surface area contributed by atoms with E-state index in [0.717, 1.165) is 25.9 Å². The molecule has 1 N–H and O–H groups in total. The van der Waals surface area contributed by atoms with E-state index >= 15 is 0 Å². The van der Waals surface area contributed by atoms with Gasteiger partial charge >= 0.3 is 0 Å². The summed E-state index contributed by atoms with van der Waals surface area (Å²) in [5.41, 5.74) is 0. The minimum absolute atomic E-state index is 0.124. The fraction of sp³-hybridized carbons (Fsp3) is 0.923. The summed E-state index contributed by atoms with van der Waals surface area (Å²) < 4.78 is 0. The largest absolute Gasteiger partial charge is 0.393 e. The van der Waals surface area contributed by atoms with Crippen LogP contribution in [0.5, 0.6) is 0 Å². The van der Waals surface area contributed by atoms with Crippen molar-refractivity contribution < 1.29 is 9.90 Å². The molecule has 4 heteroatoms. The number of hydrogen-bond acceptors (Lipinski definition) is 3. The quantitative estimate of drug-likeness (QED) is 0.769. The van der Waals surface area contributed by atoms with Crippen LogP contribution in [0.15, 0.2) is 0 Å². The van der Waals surface area contributed by atoms with E-state index in [4.69, 9.17) is 0 Å². The highest BCUT2D eigenvalue weighted by molar-refractivity contribution is 5.78. The van der Waals surface area contributed by atoms with Gasteiger partial charge in [0, 0.05) is 32.1 Å². The highest BCUT2D eigenvalue weighted by Crippen LogP contribution is 2.38. The van der Waals surface area contributed by atoms with Crippen molar-refractivity contribution in [2.24, 2.45) is 11.8 Å². The number of fused-ring (bicyclic) bond motifs is 1.